The molecule has 1 aliphatic heterocycles. The molecule has 0 bridgehead atoms. The minimum absolute atomic E-state index is 0.186. The minimum atomic E-state index is -0.448. The zero-order valence-electron chi connectivity index (χ0n) is 14.4. The smallest absolute Gasteiger partial charge is 0.322 e. The van der Waals surface area contributed by atoms with Crippen LogP contribution < -0.4 is 10.1 Å². The highest BCUT2D eigenvalue weighted by molar-refractivity contribution is 5.89. The normalized spacial score (nSPS) is 19.3. The lowest BCUT2D eigenvalue weighted by Crippen LogP contribution is -2.56. The third-order valence-corrected chi connectivity index (χ3v) is 3.78. The minimum Gasteiger partial charge on any atom is -0.491 e. The first-order chi connectivity index (χ1) is 12.0. The van der Waals surface area contributed by atoms with Gasteiger partial charge in [0.25, 0.3) is 0 Å². The van der Waals surface area contributed by atoms with Gasteiger partial charge in [-0.15, -0.1) is 0 Å². The second-order valence-electron chi connectivity index (χ2n) is 6.57. The van der Waals surface area contributed by atoms with Gasteiger partial charge in [0.15, 0.2) is 0 Å². The molecule has 132 valence electrons. The Morgan fingerprint density at radius 1 is 1.32 bits per heavy atom. The maximum absolute atomic E-state index is 12.5. The van der Waals surface area contributed by atoms with E-state index in [9.17, 15) is 4.79 Å². The average molecular weight is 342 g/mol. The van der Waals surface area contributed by atoms with Gasteiger partial charge in [-0.2, -0.15) is 10.2 Å². The van der Waals surface area contributed by atoms with Crippen LogP contribution in [0.4, 0.5) is 10.5 Å². The number of amides is 2. The summed E-state index contributed by atoms with van der Waals surface area (Å²) in [6.07, 6.45) is 2.85. The van der Waals surface area contributed by atoms with Gasteiger partial charge in [-0.25, -0.2) is 4.79 Å². The molecule has 0 aliphatic carbocycles. The molecule has 1 saturated heterocycles. The van der Waals surface area contributed by atoms with Gasteiger partial charge < -0.3 is 19.7 Å². The van der Waals surface area contributed by atoms with Gasteiger partial charge in [-0.1, -0.05) is 18.2 Å². The maximum atomic E-state index is 12.5. The van der Waals surface area contributed by atoms with Crippen LogP contribution in [0.15, 0.2) is 48.8 Å². The Morgan fingerprint density at radius 2 is 2.12 bits per heavy atom. The lowest BCUT2D eigenvalue weighted by atomic mass is 10.1. The number of benzene rings is 1. The molecule has 2 heterocycles. The molecule has 1 aromatic heterocycles. The SMILES string of the molecule is CC1(C)CN(C(=O)Nc2ccnnc2)CC(COc2ccccc2)O1. The van der Waals surface area contributed by atoms with Gasteiger partial charge in [0, 0.05) is 0 Å². The summed E-state index contributed by atoms with van der Waals surface area (Å²) < 4.78 is 11.8. The first-order valence-corrected chi connectivity index (χ1v) is 8.20. The second kappa shape index (κ2) is 7.48. The molecule has 1 unspecified atom stereocenters. The number of hydrogen-bond acceptors (Lipinski definition) is 5. The van der Waals surface area contributed by atoms with Crippen LogP contribution in [0.5, 0.6) is 5.75 Å². The molecule has 1 fully saturated rings. The molecule has 0 saturated carbocycles. The van der Waals surface area contributed by atoms with Crippen molar-refractivity contribution in [3.63, 3.8) is 0 Å². The van der Waals surface area contributed by atoms with Crippen molar-refractivity contribution in [1.29, 1.82) is 0 Å². The molecule has 3 rings (SSSR count). The van der Waals surface area contributed by atoms with Crippen LogP contribution in [-0.4, -0.2) is 52.5 Å². The van der Waals surface area contributed by atoms with Gasteiger partial charge in [-0.3, -0.25) is 0 Å². The Hall–Kier alpha value is -2.67. The van der Waals surface area contributed by atoms with Crippen molar-refractivity contribution in [3.8, 4) is 5.75 Å². The Morgan fingerprint density at radius 3 is 2.84 bits per heavy atom. The van der Waals surface area contributed by atoms with Crippen LogP contribution in [0, 0.1) is 0 Å². The van der Waals surface area contributed by atoms with Crippen LogP contribution in [0.25, 0.3) is 0 Å². The Bertz CT molecular complexity index is 694. The number of nitrogens with zero attached hydrogens (tertiary/aromatic N) is 3. The van der Waals surface area contributed by atoms with Crippen LogP contribution in [0.3, 0.4) is 0 Å². The molecular weight excluding hydrogens is 320 g/mol. The van der Waals surface area contributed by atoms with Crippen molar-refractivity contribution < 1.29 is 14.3 Å². The van der Waals surface area contributed by atoms with Crippen molar-refractivity contribution in [1.82, 2.24) is 15.1 Å². The number of ether oxygens (including phenoxy) is 2. The molecular formula is C18H22N4O3. The highest BCUT2D eigenvalue weighted by Crippen LogP contribution is 2.22. The standard InChI is InChI=1S/C18H22N4O3/c1-18(2)13-22(17(23)21-14-8-9-19-20-10-14)11-16(25-18)12-24-15-6-4-3-5-7-15/h3-10,16H,11-13H2,1-2H3,(H,19,21,23). The van der Waals surface area contributed by atoms with Gasteiger partial charge in [0.05, 0.1) is 36.8 Å². The molecule has 0 spiro atoms. The topological polar surface area (TPSA) is 76.6 Å². The molecule has 2 aromatic rings. The van der Waals surface area contributed by atoms with E-state index in [0.717, 1.165) is 5.75 Å². The third kappa shape index (κ3) is 4.90. The van der Waals surface area contributed by atoms with E-state index in [1.165, 1.54) is 12.4 Å². The number of nitrogens with one attached hydrogen (secondary N) is 1. The number of morpholine rings is 1. The van der Waals surface area contributed by atoms with Crippen molar-refractivity contribution in [3.05, 3.63) is 48.8 Å². The second-order valence-corrected chi connectivity index (χ2v) is 6.57. The summed E-state index contributed by atoms with van der Waals surface area (Å²) in [4.78, 5) is 14.3. The van der Waals surface area contributed by atoms with Crippen molar-refractivity contribution >= 4 is 11.7 Å². The Kier molecular flexibility index (Phi) is 5.14. The summed E-state index contributed by atoms with van der Waals surface area (Å²) >= 11 is 0. The highest BCUT2D eigenvalue weighted by Gasteiger charge is 2.36. The predicted molar refractivity (Wildman–Crippen MR) is 93.5 cm³/mol. The van der Waals surface area contributed by atoms with Gasteiger partial charge >= 0.3 is 6.03 Å². The lowest BCUT2D eigenvalue weighted by Gasteiger charge is -2.42. The van der Waals surface area contributed by atoms with Crippen molar-refractivity contribution in [2.75, 3.05) is 25.0 Å². The number of para-hydroxylation sites is 1. The number of hydrogen-bond donors (Lipinski definition) is 1. The van der Waals surface area contributed by atoms with Crippen molar-refractivity contribution in [2.24, 2.45) is 0 Å². The molecule has 1 atom stereocenters. The number of carbonyl (C=O) groups is 1. The molecule has 2 amide bonds. The summed E-state index contributed by atoms with van der Waals surface area (Å²) in [7, 11) is 0. The number of anilines is 1. The van der Waals surface area contributed by atoms with E-state index in [-0.39, 0.29) is 12.1 Å². The lowest BCUT2D eigenvalue weighted by molar-refractivity contribution is -0.134. The maximum Gasteiger partial charge on any atom is 0.322 e. The van der Waals surface area contributed by atoms with Crippen LogP contribution in [0.1, 0.15) is 13.8 Å². The molecule has 1 aromatic carbocycles. The number of urea groups is 1. The summed E-state index contributed by atoms with van der Waals surface area (Å²) in [5.74, 6) is 0.786. The fourth-order valence-electron chi connectivity index (χ4n) is 2.81. The number of aromatic nitrogens is 2. The van der Waals surface area contributed by atoms with Crippen LogP contribution in [0.2, 0.25) is 0 Å². The van der Waals surface area contributed by atoms with E-state index in [4.69, 9.17) is 9.47 Å². The van der Waals surface area contributed by atoms with E-state index in [2.05, 4.69) is 15.5 Å². The van der Waals surface area contributed by atoms with E-state index < -0.39 is 5.60 Å². The third-order valence-electron chi connectivity index (χ3n) is 3.78. The molecule has 0 radical (unpaired) electrons. The fourth-order valence-corrected chi connectivity index (χ4v) is 2.81. The first kappa shape index (κ1) is 17.2. The van der Waals surface area contributed by atoms with E-state index in [1.54, 1.807) is 11.0 Å². The molecule has 1 N–H and O–H groups in total. The summed E-state index contributed by atoms with van der Waals surface area (Å²) in [6, 6.07) is 11.1. The Balaban J connectivity index is 1.61. The largest absolute Gasteiger partial charge is 0.491 e. The van der Waals surface area contributed by atoms with Gasteiger partial charge in [0.2, 0.25) is 0 Å². The zero-order chi connectivity index (χ0) is 17.7. The van der Waals surface area contributed by atoms with Crippen molar-refractivity contribution in [2.45, 2.75) is 25.6 Å². The monoisotopic (exact) mass is 342 g/mol. The van der Waals surface area contributed by atoms with Gasteiger partial charge in [0.1, 0.15) is 18.5 Å². The number of carbonyl (C=O) groups excluding carboxylic acids is 1. The molecule has 7 nitrogen and oxygen atoms in total. The average Bonchev–Trinajstić information content (AvgIpc) is 2.60. The number of rotatable bonds is 4. The Labute approximate surface area is 147 Å². The van der Waals surface area contributed by atoms with Crippen LogP contribution >= 0.6 is 0 Å². The molecule has 25 heavy (non-hydrogen) atoms. The summed E-state index contributed by atoms with van der Waals surface area (Å²) in [6.45, 7) is 5.28. The fraction of sp³-hybridized carbons (Fsp3) is 0.389. The van der Waals surface area contributed by atoms with Gasteiger partial charge in [-0.05, 0) is 32.0 Å². The highest BCUT2D eigenvalue weighted by atomic mass is 16.5. The zero-order valence-corrected chi connectivity index (χ0v) is 14.4. The van der Waals surface area contributed by atoms with E-state index in [1.807, 2.05) is 44.2 Å². The quantitative estimate of drug-likeness (QED) is 0.924. The van der Waals surface area contributed by atoms with Crippen LogP contribution in [-0.2, 0) is 4.74 Å². The van der Waals surface area contributed by atoms with E-state index >= 15 is 0 Å². The summed E-state index contributed by atoms with van der Waals surface area (Å²) in [5, 5.41) is 10.3. The predicted octanol–water partition coefficient (Wildman–Crippen LogP) is 2.57. The molecule has 1 aliphatic rings. The summed E-state index contributed by atoms with van der Waals surface area (Å²) in [5.41, 5.74) is 0.165. The molecule has 7 heteroatoms. The first-order valence-electron chi connectivity index (χ1n) is 8.20. The van der Waals surface area contributed by atoms with E-state index in [0.29, 0.717) is 25.4 Å².